The molecule has 3 rings (SSSR count). The number of imidazole rings is 1. The average Bonchev–Trinajstić information content (AvgIpc) is 2.83. The Morgan fingerprint density at radius 1 is 1.15 bits per heavy atom. The van der Waals surface area contributed by atoms with E-state index in [4.69, 9.17) is 0 Å². The van der Waals surface area contributed by atoms with Gasteiger partial charge in [-0.15, -0.1) is 0 Å². The highest BCUT2D eigenvalue weighted by molar-refractivity contribution is 5.75. The van der Waals surface area contributed by atoms with E-state index in [1.807, 2.05) is 0 Å². The molecule has 0 radical (unpaired) electrons. The van der Waals surface area contributed by atoms with Crippen molar-refractivity contribution < 1.29 is 4.92 Å². The van der Waals surface area contributed by atoms with E-state index in [2.05, 4.69) is 19.9 Å². The Balaban J connectivity index is 2.22. The highest BCUT2D eigenvalue weighted by atomic mass is 16.6. The Morgan fingerprint density at radius 3 is 2.70 bits per heavy atom. The molecule has 2 aromatic heterocycles. The largest absolute Gasteiger partial charge is 0.332 e. The van der Waals surface area contributed by atoms with Gasteiger partial charge in [-0.05, 0) is 0 Å². The van der Waals surface area contributed by atoms with Gasteiger partial charge in [-0.25, -0.2) is 9.78 Å². The third kappa shape index (κ3) is 1.86. The first-order chi connectivity index (χ1) is 9.54. The number of rotatable bonds is 2. The van der Waals surface area contributed by atoms with E-state index in [0.717, 1.165) is 0 Å². The van der Waals surface area contributed by atoms with Crippen LogP contribution in [-0.4, -0.2) is 24.9 Å². The van der Waals surface area contributed by atoms with Crippen molar-refractivity contribution in [2.75, 3.05) is 0 Å². The molecule has 0 amide bonds. The van der Waals surface area contributed by atoms with Gasteiger partial charge in [0.25, 0.3) is 11.2 Å². The van der Waals surface area contributed by atoms with Gasteiger partial charge in [-0.3, -0.25) is 24.9 Å². The molecule has 0 atom stereocenters. The second-order valence-electron chi connectivity index (χ2n) is 4.02. The number of nitro groups is 1. The molecule has 0 spiro atoms. The molecule has 3 N–H and O–H groups in total. The SMILES string of the molecule is O=c1[nH]c(=O)c2[nH]c(-c3cccc([N+](=O)[O-])c3)nc2[nH]1. The molecule has 0 aliphatic heterocycles. The molecule has 0 bridgehead atoms. The first-order valence-corrected chi connectivity index (χ1v) is 5.52. The molecule has 0 unspecified atom stereocenters. The second kappa shape index (κ2) is 4.16. The monoisotopic (exact) mass is 273 g/mol. The van der Waals surface area contributed by atoms with E-state index < -0.39 is 16.2 Å². The summed E-state index contributed by atoms with van der Waals surface area (Å²) in [5, 5.41) is 10.7. The number of aromatic nitrogens is 4. The number of hydrogen-bond acceptors (Lipinski definition) is 5. The maximum absolute atomic E-state index is 11.6. The molecule has 9 nitrogen and oxygen atoms in total. The van der Waals surface area contributed by atoms with Crippen LogP contribution in [0.2, 0.25) is 0 Å². The van der Waals surface area contributed by atoms with Crippen LogP contribution in [0, 0.1) is 10.1 Å². The summed E-state index contributed by atoms with van der Waals surface area (Å²) in [6.07, 6.45) is 0. The third-order valence-electron chi connectivity index (χ3n) is 2.72. The normalized spacial score (nSPS) is 10.8. The minimum atomic E-state index is -0.667. The maximum Gasteiger partial charge on any atom is 0.327 e. The summed E-state index contributed by atoms with van der Waals surface area (Å²) in [5.74, 6) is 0.260. The van der Waals surface area contributed by atoms with Crippen molar-refractivity contribution >= 4 is 16.9 Å². The minimum absolute atomic E-state index is 0.0923. The molecule has 1 aromatic carbocycles. The summed E-state index contributed by atoms with van der Waals surface area (Å²) in [7, 11) is 0. The highest BCUT2D eigenvalue weighted by Crippen LogP contribution is 2.22. The van der Waals surface area contributed by atoms with E-state index >= 15 is 0 Å². The van der Waals surface area contributed by atoms with Crippen molar-refractivity contribution in [2.45, 2.75) is 0 Å². The number of benzene rings is 1. The fourth-order valence-corrected chi connectivity index (χ4v) is 1.84. The molecule has 0 saturated carbocycles. The lowest BCUT2D eigenvalue weighted by Gasteiger charge is -1.95. The predicted molar refractivity (Wildman–Crippen MR) is 69.4 cm³/mol. The molecule has 0 fully saturated rings. The molecule has 3 aromatic rings. The quantitative estimate of drug-likeness (QED) is 0.461. The zero-order chi connectivity index (χ0) is 14.3. The van der Waals surface area contributed by atoms with Gasteiger partial charge in [0.15, 0.2) is 5.65 Å². The lowest BCUT2D eigenvalue weighted by atomic mass is 10.2. The Hall–Kier alpha value is -3.23. The zero-order valence-corrected chi connectivity index (χ0v) is 9.84. The van der Waals surface area contributed by atoms with E-state index in [1.165, 1.54) is 18.2 Å². The fourth-order valence-electron chi connectivity index (χ4n) is 1.84. The number of nitro benzene ring substituents is 1. The van der Waals surface area contributed by atoms with Crippen LogP contribution in [-0.2, 0) is 0 Å². The van der Waals surface area contributed by atoms with Gasteiger partial charge in [0.1, 0.15) is 11.3 Å². The van der Waals surface area contributed by atoms with Gasteiger partial charge >= 0.3 is 5.69 Å². The van der Waals surface area contributed by atoms with Crippen LogP contribution in [0.25, 0.3) is 22.6 Å². The number of hydrogen-bond donors (Lipinski definition) is 3. The van der Waals surface area contributed by atoms with Crippen molar-refractivity contribution in [2.24, 2.45) is 0 Å². The molecule has 20 heavy (non-hydrogen) atoms. The summed E-state index contributed by atoms with van der Waals surface area (Å²) in [4.78, 5) is 44.1. The molecule has 0 aliphatic rings. The maximum atomic E-state index is 11.6. The second-order valence-corrected chi connectivity index (χ2v) is 4.02. The van der Waals surface area contributed by atoms with Crippen molar-refractivity contribution in [3.63, 3.8) is 0 Å². The lowest BCUT2D eigenvalue weighted by molar-refractivity contribution is -0.384. The van der Waals surface area contributed by atoms with Crippen LogP contribution >= 0.6 is 0 Å². The number of fused-ring (bicyclic) bond motifs is 1. The Morgan fingerprint density at radius 2 is 1.95 bits per heavy atom. The number of nitrogens with zero attached hydrogens (tertiary/aromatic N) is 2. The highest BCUT2D eigenvalue weighted by Gasteiger charge is 2.12. The van der Waals surface area contributed by atoms with Crippen LogP contribution < -0.4 is 11.2 Å². The van der Waals surface area contributed by atoms with Gasteiger partial charge in [-0.1, -0.05) is 12.1 Å². The molecular weight excluding hydrogens is 266 g/mol. The van der Waals surface area contributed by atoms with Gasteiger partial charge in [-0.2, -0.15) is 0 Å². The number of nitrogens with one attached hydrogen (secondary N) is 3. The van der Waals surface area contributed by atoms with Crippen LogP contribution in [0.5, 0.6) is 0 Å². The average molecular weight is 273 g/mol. The standard InChI is InChI=1S/C11H7N5O4/c17-10-7-9(14-11(18)15-10)13-8(12-7)5-2-1-3-6(4-5)16(19)20/h1-4H,(H3,12,13,14,15,17,18). The van der Waals surface area contributed by atoms with E-state index in [9.17, 15) is 19.7 Å². The summed E-state index contributed by atoms with van der Waals surface area (Å²) >= 11 is 0. The Bertz CT molecular complexity index is 936. The van der Waals surface area contributed by atoms with Crippen LogP contribution in [0.15, 0.2) is 33.9 Å². The van der Waals surface area contributed by atoms with E-state index in [0.29, 0.717) is 5.56 Å². The number of non-ortho nitro benzene ring substituents is 1. The summed E-state index contributed by atoms with van der Waals surface area (Å²) in [6.45, 7) is 0. The van der Waals surface area contributed by atoms with Crippen molar-refractivity contribution in [1.29, 1.82) is 0 Å². The van der Waals surface area contributed by atoms with Gasteiger partial charge in [0.2, 0.25) is 0 Å². The summed E-state index contributed by atoms with van der Waals surface area (Å²) in [6, 6.07) is 5.79. The van der Waals surface area contributed by atoms with Crippen LogP contribution in [0.1, 0.15) is 0 Å². The molecule has 0 saturated heterocycles. The van der Waals surface area contributed by atoms with Gasteiger partial charge in [0, 0.05) is 17.7 Å². The first kappa shape index (κ1) is 11.8. The van der Waals surface area contributed by atoms with E-state index in [-0.39, 0.29) is 22.7 Å². The summed E-state index contributed by atoms with van der Waals surface area (Å²) < 4.78 is 0. The summed E-state index contributed by atoms with van der Waals surface area (Å²) in [5.41, 5.74) is -0.722. The molecular formula is C11H7N5O4. The smallest absolute Gasteiger partial charge is 0.327 e. The fraction of sp³-hybridized carbons (Fsp3) is 0. The van der Waals surface area contributed by atoms with Gasteiger partial charge in [0.05, 0.1) is 4.92 Å². The molecule has 9 heteroatoms. The zero-order valence-electron chi connectivity index (χ0n) is 9.84. The minimum Gasteiger partial charge on any atom is -0.332 e. The lowest BCUT2D eigenvalue weighted by Crippen LogP contribution is -2.21. The Kier molecular flexibility index (Phi) is 2.46. The Labute approximate surface area is 109 Å². The van der Waals surface area contributed by atoms with Crippen molar-refractivity contribution in [1.82, 2.24) is 19.9 Å². The molecule has 100 valence electrons. The third-order valence-corrected chi connectivity index (χ3v) is 2.72. The van der Waals surface area contributed by atoms with Crippen molar-refractivity contribution in [3.8, 4) is 11.4 Å². The van der Waals surface area contributed by atoms with Gasteiger partial charge < -0.3 is 4.98 Å². The van der Waals surface area contributed by atoms with E-state index in [1.54, 1.807) is 6.07 Å². The number of H-pyrrole nitrogens is 3. The molecule has 0 aliphatic carbocycles. The topological polar surface area (TPSA) is 138 Å². The number of aromatic amines is 3. The first-order valence-electron chi connectivity index (χ1n) is 5.52. The molecule has 2 heterocycles. The van der Waals surface area contributed by atoms with Crippen LogP contribution in [0.3, 0.4) is 0 Å². The van der Waals surface area contributed by atoms with Crippen LogP contribution in [0.4, 0.5) is 5.69 Å². The predicted octanol–water partition coefficient (Wildman–Crippen LogP) is 0.515. The van der Waals surface area contributed by atoms with Crippen molar-refractivity contribution in [3.05, 3.63) is 55.2 Å².